The molecule has 2 heterocycles. The summed E-state index contributed by atoms with van der Waals surface area (Å²) in [5.74, 6) is 1.91. The molecule has 0 radical (unpaired) electrons. The number of nitrogens with zero attached hydrogens (tertiary/aromatic N) is 4. The largest absolute Gasteiger partial charge is 0.255 e. The zero-order valence-corrected chi connectivity index (χ0v) is 23.5. The number of fused-ring (bicyclic) bond motifs is 1. The van der Waals surface area contributed by atoms with Crippen LogP contribution in [0.1, 0.15) is 52.7 Å². The molecule has 194 valence electrons. The summed E-state index contributed by atoms with van der Waals surface area (Å²) in [6, 6.07) is 31.1. The lowest BCUT2D eigenvalue weighted by Crippen LogP contribution is -2.42. The van der Waals surface area contributed by atoms with E-state index < -0.39 is 0 Å². The van der Waals surface area contributed by atoms with Crippen molar-refractivity contribution in [3.63, 3.8) is 0 Å². The SMILES string of the molecule is CC1(C)c2ccc(-c3ccc(-c4nc(-c5ccccc5)nc(-c5ccccc5)n4)cn3)cc2C(C)(C)C1(C)C. The molecule has 0 aliphatic heterocycles. The van der Waals surface area contributed by atoms with E-state index >= 15 is 0 Å². The average Bonchev–Trinajstić information content (AvgIpc) is 3.07. The molecule has 0 bridgehead atoms. The first-order valence-electron chi connectivity index (χ1n) is 13.6. The van der Waals surface area contributed by atoms with Crippen molar-refractivity contribution in [1.29, 1.82) is 0 Å². The summed E-state index contributed by atoms with van der Waals surface area (Å²) in [7, 11) is 0. The molecule has 5 aromatic rings. The summed E-state index contributed by atoms with van der Waals surface area (Å²) < 4.78 is 0. The van der Waals surface area contributed by atoms with Gasteiger partial charge in [0.2, 0.25) is 0 Å². The highest BCUT2D eigenvalue weighted by atomic mass is 15.0. The zero-order valence-electron chi connectivity index (χ0n) is 23.5. The molecule has 0 fully saturated rings. The number of aromatic nitrogens is 4. The molecule has 0 amide bonds. The topological polar surface area (TPSA) is 51.6 Å². The molecule has 0 N–H and O–H groups in total. The fourth-order valence-corrected chi connectivity index (χ4v) is 5.85. The number of pyridine rings is 1. The molecule has 39 heavy (non-hydrogen) atoms. The van der Waals surface area contributed by atoms with Crippen LogP contribution < -0.4 is 0 Å². The summed E-state index contributed by atoms with van der Waals surface area (Å²) in [4.78, 5) is 19.3. The maximum absolute atomic E-state index is 4.88. The number of hydrogen-bond donors (Lipinski definition) is 0. The zero-order chi connectivity index (χ0) is 27.4. The van der Waals surface area contributed by atoms with Crippen LogP contribution in [0.2, 0.25) is 0 Å². The minimum absolute atomic E-state index is 0.0499. The van der Waals surface area contributed by atoms with Crippen LogP contribution in [0, 0.1) is 5.41 Å². The Labute approximate surface area is 231 Å². The van der Waals surface area contributed by atoms with E-state index in [1.165, 1.54) is 11.1 Å². The van der Waals surface area contributed by atoms with Crippen molar-refractivity contribution >= 4 is 0 Å². The Morgan fingerprint density at radius 2 is 0.949 bits per heavy atom. The molecular formula is C35H34N4. The van der Waals surface area contributed by atoms with Crippen molar-refractivity contribution in [3.8, 4) is 45.4 Å². The Kier molecular flexibility index (Phi) is 5.76. The number of hydrogen-bond acceptors (Lipinski definition) is 4. The summed E-state index contributed by atoms with van der Waals surface area (Å²) in [5.41, 5.74) is 7.96. The fourth-order valence-electron chi connectivity index (χ4n) is 5.85. The Balaban J connectivity index is 1.40. The average molecular weight is 511 g/mol. The third-order valence-corrected chi connectivity index (χ3v) is 9.51. The van der Waals surface area contributed by atoms with Gasteiger partial charge in [0.25, 0.3) is 0 Å². The molecule has 0 atom stereocenters. The minimum atomic E-state index is 0.0499. The van der Waals surface area contributed by atoms with E-state index in [4.69, 9.17) is 19.9 Å². The van der Waals surface area contributed by atoms with Gasteiger partial charge in [-0.05, 0) is 45.6 Å². The molecule has 1 aliphatic rings. The van der Waals surface area contributed by atoms with Gasteiger partial charge in [-0.15, -0.1) is 0 Å². The normalized spacial score (nSPS) is 16.6. The Bertz CT molecular complexity index is 1590. The van der Waals surface area contributed by atoms with Gasteiger partial charge in [0.1, 0.15) is 0 Å². The van der Waals surface area contributed by atoms with Crippen LogP contribution in [0.4, 0.5) is 0 Å². The Morgan fingerprint density at radius 1 is 0.462 bits per heavy atom. The fraction of sp³-hybridized carbons (Fsp3) is 0.257. The van der Waals surface area contributed by atoms with Gasteiger partial charge in [-0.25, -0.2) is 15.0 Å². The maximum Gasteiger partial charge on any atom is 0.165 e. The van der Waals surface area contributed by atoms with Gasteiger partial charge >= 0.3 is 0 Å². The third-order valence-electron chi connectivity index (χ3n) is 9.51. The first-order valence-corrected chi connectivity index (χ1v) is 13.6. The lowest BCUT2D eigenvalue weighted by atomic mass is 9.59. The maximum atomic E-state index is 4.88. The summed E-state index contributed by atoms with van der Waals surface area (Å²) >= 11 is 0. The predicted octanol–water partition coefficient (Wildman–Crippen LogP) is 8.53. The van der Waals surface area contributed by atoms with Crippen LogP contribution in [0.5, 0.6) is 0 Å². The molecule has 6 rings (SSSR count). The van der Waals surface area contributed by atoms with E-state index in [0.29, 0.717) is 17.5 Å². The van der Waals surface area contributed by atoms with Crippen LogP contribution in [0.25, 0.3) is 45.4 Å². The van der Waals surface area contributed by atoms with E-state index in [2.05, 4.69) is 71.9 Å². The minimum Gasteiger partial charge on any atom is -0.255 e. The second-order valence-corrected chi connectivity index (χ2v) is 12.1. The standard InChI is InChI=1S/C35H34N4/c1-33(2)27-19-17-25(21-28(27)34(3,4)35(33,5)6)29-20-18-26(22-36-29)32-38-30(23-13-9-7-10-14-23)37-31(39-32)24-15-11-8-12-16-24/h7-22H,1-6H3. The summed E-state index contributed by atoms with van der Waals surface area (Å²) in [6.45, 7) is 14.3. The van der Waals surface area contributed by atoms with E-state index in [9.17, 15) is 0 Å². The van der Waals surface area contributed by atoms with Crippen LogP contribution in [-0.2, 0) is 10.8 Å². The molecule has 2 aromatic heterocycles. The highest BCUT2D eigenvalue weighted by Gasteiger charge is 2.56. The highest BCUT2D eigenvalue weighted by molar-refractivity contribution is 5.69. The van der Waals surface area contributed by atoms with E-state index in [1.807, 2.05) is 66.9 Å². The van der Waals surface area contributed by atoms with Gasteiger partial charge in [-0.1, -0.05) is 114 Å². The van der Waals surface area contributed by atoms with Gasteiger partial charge < -0.3 is 0 Å². The molecule has 0 unspecified atom stereocenters. The lowest BCUT2D eigenvalue weighted by molar-refractivity contribution is 0.125. The van der Waals surface area contributed by atoms with Crippen molar-refractivity contribution < 1.29 is 0 Å². The van der Waals surface area contributed by atoms with Crippen LogP contribution >= 0.6 is 0 Å². The van der Waals surface area contributed by atoms with Gasteiger partial charge in [0, 0.05) is 28.5 Å². The second kappa shape index (κ2) is 8.94. The van der Waals surface area contributed by atoms with Gasteiger partial charge in [0.15, 0.2) is 17.5 Å². The van der Waals surface area contributed by atoms with Gasteiger partial charge in [-0.3, -0.25) is 4.98 Å². The number of rotatable bonds is 4. The monoisotopic (exact) mass is 510 g/mol. The van der Waals surface area contributed by atoms with Crippen LogP contribution in [-0.4, -0.2) is 19.9 Å². The first-order chi connectivity index (χ1) is 18.6. The van der Waals surface area contributed by atoms with E-state index in [-0.39, 0.29) is 16.2 Å². The van der Waals surface area contributed by atoms with Crippen molar-refractivity contribution in [2.75, 3.05) is 0 Å². The Morgan fingerprint density at radius 3 is 1.46 bits per heavy atom. The highest BCUT2D eigenvalue weighted by Crippen LogP contribution is 2.61. The van der Waals surface area contributed by atoms with Crippen molar-refractivity contribution in [2.45, 2.75) is 52.4 Å². The summed E-state index contributed by atoms with van der Waals surface area (Å²) in [6.07, 6.45) is 1.88. The van der Waals surface area contributed by atoms with E-state index in [1.54, 1.807) is 0 Å². The van der Waals surface area contributed by atoms with Gasteiger partial charge in [0.05, 0.1) is 5.69 Å². The molecule has 4 nitrogen and oxygen atoms in total. The van der Waals surface area contributed by atoms with Crippen molar-refractivity contribution in [2.24, 2.45) is 5.41 Å². The van der Waals surface area contributed by atoms with Crippen LogP contribution in [0.3, 0.4) is 0 Å². The second-order valence-electron chi connectivity index (χ2n) is 12.1. The predicted molar refractivity (Wildman–Crippen MR) is 159 cm³/mol. The molecule has 4 heteroatoms. The van der Waals surface area contributed by atoms with Crippen LogP contribution in [0.15, 0.2) is 97.2 Å². The first kappa shape index (κ1) is 25.1. The van der Waals surface area contributed by atoms with Gasteiger partial charge in [-0.2, -0.15) is 0 Å². The van der Waals surface area contributed by atoms with Crippen molar-refractivity contribution in [1.82, 2.24) is 19.9 Å². The molecule has 3 aromatic carbocycles. The molecular weight excluding hydrogens is 476 g/mol. The quantitative estimate of drug-likeness (QED) is 0.243. The molecule has 0 saturated heterocycles. The molecule has 0 saturated carbocycles. The van der Waals surface area contributed by atoms with Crippen molar-refractivity contribution in [3.05, 3.63) is 108 Å². The summed E-state index contributed by atoms with van der Waals surface area (Å²) in [5, 5.41) is 0. The molecule has 1 aliphatic carbocycles. The van der Waals surface area contributed by atoms with E-state index in [0.717, 1.165) is 27.9 Å². The lowest BCUT2D eigenvalue weighted by Gasteiger charge is -2.44. The Hall–Kier alpha value is -4.18. The molecule has 0 spiro atoms. The third kappa shape index (κ3) is 3.97. The smallest absolute Gasteiger partial charge is 0.165 e. The number of benzene rings is 3.